The maximum absolute atomic E-state index is 12.4. The molecule has 0 fully saturated rings. The zero-order valence-corrected chi connectivity index (χ0v) is 15.3. The molecule has 0 aliphatic rings. The van der Waals surface area contributed by atoms with Crippen molar-refractivity contribution in [3.63, 3.8) is 0 Å². The van der Waals surface area contributed by atoms with Gasteiger partial charge in [-0.05, 0) is 35.9 Å². The van der Waals surface area contributed by atoms with E-state index in [1.54, 1.807) is 43.5 Å². The molecule has 7 heteroatoms. The first-order chi connectivity index (χ1) is 13.0. The molecule has 0 bridgehead atoms. The number of hydrogen-bond acceptors (Lipinski definition) is 5. The number of ether oxygens (including phenoxy) is 2. The van der Waals surface area contributed by atoms with Gasteiger partial charge in [-0.3, -0.25) is 14.4 Å². The summed E-state index contributed by atoms with van der Waals surface area (Å²) in [6.07, 6.45) is 0.297. The minimum atomic E-state index is -0.451. The van der Waals surface area contributed by atoms with E-state index >= 15 is 0 Å². The van der Waals surface area contributed by atoms with Crippen LogP contribution in [0.4, 0.5) is 5.69 Å². The third-order valence-corrected chi connectivity index (χ3v) is 3.57. The predicted molar refractivity (Wildman–Crippen MR) is 100 cm³/mol. The lowest BCUT2D eigenvalue weighted by Gasteiger charge is -2.09. The number of benzene rings is 2. The van der Waals surface area contributed by atoms with Gasteiger partial charge in [0.15, 0.2) is 0 Å². The van der Waals surface area contributed by atoms with E-state index in [9.17, 15) is 14.4 Å². The van der Waals surface area contributed by atoms with Crippen molar-refractivity contribution in [2.24, 2.45) is 0 Å². The molecule has 2 N–H and O–H groups in total. The van der Waals surface area contributed by atoms with Gasteiger partial charge >= 0.3 is 5.97 Å². The Balaban J connectivity index is 1.98. The summed E-state index contributed by atoms with van der Waals surface area (Å²) in [7, 11) is 1.54. The van der Waals surface area contributed by atoms with Crippen molar-refractivity contribution < 1.29 is 23.9 Å². The highest BCUT2D eigenvalue weighted by Crippen LogP contribution is 2.16. The van der Waals surface area contributed by atoms with Gasteiger partial charge in [-0.2, -0.15) is 0 Å². The highest BCUT2D eigenvalue weighted by Gasteiger charge is 2.09. The summed E-state index contributed by atoms with van der Waals surface area (Å²) in [4.78, 5) is 35.1. The molecule has 0 spiro atoms. The van der Waals surface area contributed by atoms with Gasteiger partial charge in [0.05, 0.1) is 6.61 Å². The SMILES string of the molecule is COCCC(=O)NCc1cccc(NC(=O)c2cccc(OC(C)=O)c2)c1. The van der Waals surface area contributed by atoms with Crippen molar-refractivity contribution in [2.45, 2.75) is 19.9 Å². The second-order valence-electron chi connectivity index (χ2n) is 5.80. The smallest absolute Gasteiger partial charge is 0.308 e. The number of nitrogens with one attached hydrogen (secondary N) is 2. The van der Waals surface area contributed by atoms with Crippen LogP contribution in [0.25, 0.3) is 0 Å². The van der Waals surface area contributed by atoms with E-state index < -0.39 is 5.97 Å². The minimum Gasteiger partial charge on any atom is -0.427 e. The number of hydrogen-bond donors (Lipinski definition) is 2. The molecule has 2 rings (SSSR count). The second kappa shape index (κ2) is 10.1. The molecule has 0 aromatic heterocycles. The van der Waals surface area contributed by atoms with E-state index in [2.05, 4.69) is 10.6 Å². The molecule has 0 saturated carbocycles. The Labute approximate surface area is 157 Å². The van der Waals surface area contributed by atoms with Crippen molar-refractivity contribution >= 4 is 23.5 Å². The van der Waals surface area contributed by atoms with Gasteiger partial charge in [-0.1, -0.05) is 18.2 Å². The number of rotatable bonds is 8. The van der Waals surface area contributed by atoms with Gasteiger partial charge in [0.25, 0.3) is 5.91 Å². The molecule has 2 aromatic rings. The second-order valence-corrected chi connectivity index (χ2v) is 5.80. The Hall–Kier alpha value is -3.19. The van der Waals surface area contributed by atoms with Crippen LogP contribution in [0.1, 0.15) is 29.3 Å². The highest BCUT2D eigenvalue weighted by molar-refractivity contribution is 6.04. The Morgan fingerprint density at radius 3 is 2.56 bits per heavy atom. The summed E-state index contributed by atoms with van der Waals surface area (Å²) >= 11 is 0. The number of amides is 2. The molecule has 7 nitrogen and oxygen atoms in total. The van der Waals surface area contributed by atoms with Gasteiger partial charge in [0, 0.05) is 38.2 Å². The van der Waals surface area contributed by atoms with Gasteiger partial charge in [-0.25, -0.2) is 0 Å². The van der Waals surface area contributed by atoms with Crippen LogP contribution in [0.2, 0.25) is 0 Å². The lowest BCUT2D eigenvalue weighted by molar-refractivity contribution is -0.131. The molecule has 142 valence electrons. The standard InChI is InChI=1S/C20H22N2O5/c1-14(23)27-18-8-4-6-16(12-18)20(25)22-17-7-3-5-15(11-17)13-21-19(24)9-10-26-2/h3-8,11-12H,9-10,13H2,1-2H3,(H,21,24)(H,22,25). The number of esters is 1. The van der Waals surface area contributed by atoms with Crippen LogP contribution < -0.4 is 15.4 Å². The molecule has 2 amide bonds. The molecular formula is C20H22N2O5. The number of carbonyl (C=O) groups excluding carboxylic acids is 3. The number of methoxy groups -OCH3 is 1. The Morgan fingerprint density at radius 1 is 1.04 bits per heavy atom. The molecule has 0 heterocycles. The van der Waals surface area contributed by atoms with E-state index in [1.165, 1.54) is 13.0 Å². The van der Waals surface area contributed by atoms with Crippen molar-refractivity contribution in [3.05, 3.63) is 59.7 Å². The Bertz CT molecular complexity index is 820. The zero-order valence-electron chi connectivity index (χ0n) is 15.3. The van der Waals surface area contributed by atoms with Gasteiger partial charge in [-0.15, -0.1) is 0 Å². The zero-order chi connectivity index (χ0) is 19.6. The normalized spacial score (nSPS) is 10.1. The van der Waals surface area contributed by atoms with Crippen LogP contribution in [0, 0.1) is 0 Å². The van der Waals surface area contributed by atoms with Crippen LogP contribution in [-0.4, -0.2) is 31.5 Å². The van der Waals surface area contributed by atoms with Gasteiger partial charge in [0.2, 0.25) is 5.91 Å². The van der Waals surface area contributed by atoms with E-state index in [0.29, 0.717) is 36.6 Å². The minimum absolute atomic E-state index is 0.103. The van der Waals surface area contributed by atoms with Crippen molar-refractivity contribution in [3.8, 4) is 5.75 Å². The Kier molecular flexibility index (Phi) is 7.51. The Morgan fingerprint density at radius 2 is 1.81 bits per heavy atom. The van der Waals surface area contributed by atoms with Crippen LogP contribution in [-0.2, 0) is 20.9 Å². The molecule has 2 aromatic carbocycles. The molecule has 0 radical (unpaired) electrons. The quantitative estimate of drug-likeness (QED) is 0.550. The first-order valence-corrected chi connectivity index (χ1v) is 8.42. The fourth-order valence-electron chi connectivity index (χ4n) is 2.31. The van der Waals surface area contributed by atoms with Gasteiger partial charge < -0.3 is 20.1 Å². The van der Waals surface area contributed by atoms with E-state index in [0.717, 1.165) is 5.56 Å². The molecule has 0 aliphatic carbocycles. The average molecular weight is 370 g/mol. The maximum Gasteiger partial charge on any atom is 0.308 e. The topological polar surface area (TPSA) is 93.7 Å². The molecular weight excluding hydrogens is 348 g/mol. The van der Waals surface area contributed by atoms with Crippen LogP contribution in [0.5, 0.6) is 5.75 Å². The number of carbonyl (C=O) groups is 3. The number of anilines is 1. The summed E-state index contributed by atoms with van der Waals surface area (Å²) < 4.78 is 9.85. The van der Waals surface area contributed by atoms with Crippen LogP contribution in [0.3, 0.4) is 0 Å². The van der Waals surface area contributed by atoms with E-state index in [1.807, 2.05) is 6.07 Å². The van der Waals surface area contributed by atoms with Crippen molar-refractivity contribution in [2.75, 3.05) is 19.0 Å². The summed E-state index contributed by atoms with van der Waals surface area (Å²) in [6, 6.07) is 13.5. The third kappa shape index (κ3) is 6.91. The molecule has 0 unspecified atom stereocenters. The highest BCUT2D eigenvalue weighted by atomic mass is 16.5. The summed E-state index contributed by atoms with van der Waals surface area (Å²) in [5.41, 5.74) is 1.82. The lowest BCUT2D eigenvalue weighted by Crippen LogP contribution is -2.23. The van der Waals surface area contributed by atoms with E-state index in [-0.39, 0.29) is 11.8 Å². The van der Waals surface area contributed by atoms with Gasteiger partial charge in [0.1, 0.15) is 5.75 Å². The monoisotopic (exact) mass is 370 g/mol. The molecule has 27 heavy (non-hydrogen) atoms. The summed E-state index contributed by atoms with van der Waals surface area (Å²) in [5.74, 6) is -0.575. The van der Waals surface area contributed by atoms with Crippen LogP contribution in [0.15, 0.2) is 48.5 Å². The first kappa shape index (κ1) is 20.1. The lowest BCUT2D eigenvalue weighted by atomic mass is 10.1. The maximum atomic E-state index is 12.4. The molecule has 0 atom stereocenters. The average Bonchev–Trinajstić information content (AvgIpc) is 2.64. The third-order valence-electron chi connectivity index (χ3n) is 3.57. The summed E-state index contributed by atoms with van der Waals surface area (Å²) in [6.45, 7) is 2.02. The predicted octanol–water partition coefficient (Wildman–Crippen LogP) is 2.52. The fraction of sp³-hybridized carbons (Fsp3) is 0.250. The fourth-order valence-corrected chi connectivity index (χ4v) is 2.31. The van der Waals surface area contributed by atoms with Crippen molar-refractivity contribution in [1.29, 1.82) is 0 Å². The summed E-state index contributed by atoms with van der Waals surface area (Å²) in [5, 5.41) is 5.58. The first-order valence-electron chi connectivity index (χ1n) is 8.42. The largest absolute Gasteiger partial charge is 0.427 e. The van der Waals surface area contributed by atoms with Crippen LogP contribution >= 0.6 is 0 Å². The molecule has 0 aliphatic heterocycles. The van der Waals surface area contributed by atoms with Crippen molar-refractivity contribution in [1.82, 2.24) is 5.32 Å². The van der Waals surface area contributed by atoms with E-state index in [4.69, 9.17) is 9.47 Å². The molecule has 0 saturated heterocycles.